The Hall–Kier alpha value is -2.37. The normalized spacial score (nSPS) is 14.0. The van der Waals surface area contributed by atoms with E-state index in [1.807, 2.05) is 6.92 Å². The summed E-state index contributed by atoms with van der Waals surface area (Å²) in [7, 11) is 0. The molecular weight excluding hydrogens is 272 g/mol. The zero-order valence-corrected chi connectivity index (χ0v) is 11.7. The van der Waals surface area contributed by atoms with Gasteiger partial charge in [-0.25, -0.2) is 0 Å². The number of aldehydes is 1. The number of ether oxygens (including phenoxy) is 2. The van der Waals surface area contributed by atoms with Crippen molar-refractivity contribution in [3.05, 3.63) is 35.5 Å². The van der Waals surface area contributed by atoms with Crippen LogP contribution in [-0.2, 0) is 6.61 Å². The first-order valence-corrected chi connectivity index (χ1v) is 6.98. The Morgan fingerprint density at radius 2 is 2.24 bits per heavy atom. The van der Waals surface area contributed by atoms with Crippen LogP contribution in [0.15, 0.2) is 22.7 Å². The van der Waals surface area contributed by atoms with Gasteiger partial charge in [0.05, 0.1) is 12.2 Å². The number of carbonyl (C=O) groups excluding carboxylic acids is 1. The van der Waals surface area contributed by atoms with Gasteiger partial charge in [0.15, 0.2) is 30.2 Å². The molecule has 1 aliphatic carbocycles. The molecule has 1 aromatic heterocycles. The molecule has 1 saturated carbocycles. The number of hydrogen-bond donors (Lipinski definition) is 0. The van der Waals surface area contributed by atoms with Crippen molar-refractivity contribution in [1.29, 1.82) is 0 Å². The Morgan fingerprint density at radius 1 is 1.38 bits per heavy atom. The fraction of sp³-hybridized carbons (Fsp3) is 0.400. The molecule has 0 amide bonds. The molecule has 0 atom stereocenters. The fourth-order valence-corrected chi connectivity index (χ4v) is 2.02. The lowest BCUT2D eigenvalue weighted by Crippen LogP contribution is -2.02. The maximum atomic E-state index is 11.1. The van der Waals surface area contributed by atoms with Gasteiger partial charge in [0, 0.05) is 5.92 Å². The minimum atomic E-state index is 0.116. The molecule has 0 N–H and O–H groups in total. The van der Waals surface area contributed by atoms with E-state index >= 15 is 0 Å². The summed E-state index contributed by atoms with van der Waals surface area (Å²) in [5.41, 5.74) is 0.433. The second-order valence-corrected chi connectivity index (χ2v) is 4.83. The SMILES string of the molecule is CCOc1cccc(C=O)c1OCc1nc(C2CC2)no1. The summed E-state index contributed by atoms with van der Waals surface area (Å²) in [6.45, 7) is 2.48. The van der Waals surface area contributed by atoms with Crippen LogP contribution in [0.2, 0.25) is 0 Å². The highest BCUT2D eigenvalue weighted by atomic mass is 16.5. The molecule has 1 fully saturated rings. The van der Waals surface area contributed by atoms with Gasteiger partial charge in [-0.2, -0.15) is 4.98 Å². The minimum absolute atomic E-state index is 0.116. The van der Waals surface area contributed by atoms with Gasteiger partial charge < -0.3 is 14.0 Å². The van der Waals surface area contributed by atoms with E-state index in [9.17, 15) is 4.79 Å². The van der Waals surface area contributed by atoms with Crippen LogP contribution in [0.3, 0.4) is 0 Å². The van der Waals surface area contributed by atoms with Crippen LogP contribution in [-0.4, -0.2) is 23.0 Å². The Bertz CT molecular complexity index is 634. The largest absolute Gasteiger partial charge is 0.490 e. The van der Waals surface area contributed by atoms with Crippen molar-refractivity contribution in [3.8, 4) is 11.5 Å². The summed E-state index contributed by atoms with van der Waals surface area (Å²) in [5.74, 6) is 2.51. The summed E-state index contributed by atoms with van der Waals surface area (Å²) >= 11 is 0. The van der Waals surface area contributed by atoms with Crippen LogP contribution in [0.25, 0.3) is 0 Å². The number of carbonyl (C=O) groups is 1. The Labute approximate surface area is 122 Å². The van der Waals surface area contributed by atoms with Crippen molar-refractivity contribution in [2.24, 2.45) is 0 Å². The van der Waals surface area contributed by atoms with E-state index in [2.05, 4.69) is 10.1 Å². The number of hydrogen-bond acceptors (Lipinski definition) is 6. The van der Waals surface area contributed by atoms with E-state index in [1.165, 1.54) is 0 Å². The maximum absolute atomic E-state index is 11.1. The average Bonchev–Trinajstić information content (AvgIpc) is 3.25. The molecule has 2 aromatic rings. The van der Waals surface area contributed by atoms with Gasteiger partial charge in [-0.1, -0.05) is 11.2 Å². The van der Waals surface area contributed by atoms with E-state index in [1.54, 1.807) is 18.2 Å². The molecule has 0 aliphatic heterocycles. The molecule has 1 heterocycles. The maximum Gasteiger partial charge on any atom is 0.264 e. The lowest BCUT2D eigenvalue weighted by Gasteiger charge is -2.12. The molecule has 21 heavy (non-hydrogen) atoms. The Balaban J connectivity index is 1.74. The van der Waals surface area contributed by atoms with Crippen LogP contribution in [0.4, 0.5) is 0 Å². The van der Waals surface area contributed by atoms with Gasteiger partial charge in [-0.3, -0.25) is 4.79 Å². The standard InChI is InChI=1S/C15H16N2O4/c1-2-19-12-5-3-4-11(8-18)14(12)20-9-13-16-15(17-21-13)10-6-7-10/h3-5,8,10H,2,6-7,9H2,1H3. The first kappa shape index (κ1) is 13.6. The molecule has 6 nitrogen and oxygen atoms in total. The van der Waals surface area contributed by atoms with Crippen molar-refractivity contribution in [3.63, 3.8) is 0 Å². The lowest BCUT2D eigenvalue weighted by molar-refractivity contribution is 0.111. The van der Waals surface area contributed by atoms with Crippen molar-refractivity contribution < 1.29 is 18.8 Å². The predicted octanol–water partition coefficient (Wildman–Crippen LogP) is 2.74. The first-order chi connectivity index (χ1) is 10.3. The molecule has 0 bridgehead atoms. The van der Waals surface area contributed by atoms with Crippen molar-refractivity contribution >= 4 is 6.29 Å². The second kappa shape index (κ2) is 5.95. The number of nitrogens with zero attached hydrogens (tertiary/aromatic N) is 2. The van der Waals surface area contributed by atoms with Gasteiger partial charge >= 0.3 is 0 Å². The summed E-state index contributed by atoms with van der Waals surface area (Å²) in [4.78, 5) is 15.4. The fourth-order valence-electron chi connectivity index (χ4n) is 2.02. The highest BCUT2D eigenvalue weighted by Gasteiger charge is 2.28. The third kappa shape index (κ3) is 3.04. The van der Waals surface area contributed by atoms with E-state index in [0.717, 1.165) is 25.0 Å². The second-order valence-electron chi connectivity index (χ2n) is 4.83. The van der Waals surface area contributed by atoms with Gasteiger partial charge in [-0.15, -0.1) is 0 Å². The molecule has 3 rings (SSSR count). The summed E-state index contributed by atoms with van der Waals surface area (Å²) in [6, 6.07) is 5.18. The third-order valence-electron chi connectivity index (χ3n) is 3.20. The molecule has 0 saturated heterocycles. The van der Waals surface area contributed by atoms with Crippen molar-refractivity contribution in [2.75, 3.05) is 6.61 Å². The van der Waals surface area contributed by atoms with Gasteiger partial charge in [0.1, 0.15) is 0 Å². The minimum Gasteiger partial charge on any atom is -0.490 e. The highest BCUT2D eigenvalue weighted by Crippen LogP contribution is 2.38. The van der Waals surface area contributed by atoms with Crippen LogP contribution in [0, 0.1) is 0 Å². The molecule has 1 aromatic carbocycles. The quantitative estimate of drug-likeness (QED) is 0.729. The van der Waals surface area contributed by atoms with Crippen LogP contribution in [0.5, 0.6) is 11.5 Å². The monoisotopic (exact) mass is 288 g/mol. The van der Waals surface area contributed by atoms with Gasteiger partial charge in [0.2, 0.25) is 0 Å². The van der Waals surface area contributed by atoms with Crippen LogP contribution >= 0.6 is 0 Å². The molecule has 6 heteroatoms. The van der Waals surface area contributed by atoms with E-state index < -0.39 is 0 Å². The zero-order valence-electron chi connectivity index (χ0n) is 11.7. The van der Waals surface area contributed by atoms with Crippen molar-refractivity contribution in [2.45, 2.75) is 32.3 Å². The van der Waals surface area contributed by atoms with E-state index in [0.29, 0.717) is 35.5 Å². The smallest absolute Gasteiger partial charge is 0.264 e. The van der Waals surface area contributed by atoms with E-state index in [-0.39, 0.29) is 6.61 Å². The van der Waals surface area contributed by atoms with Gasteiger partial charge in [-0.05, 0) is 31.9 Å². The molecule has 0 unspecified atom stereocenters. The topological polar surface area (TPSA) is 74.5 Å². The molecule has 0 spiro atoms. The molecule has 0 radical (unpaired) electrons. The summed E-state index contributed by atoms with van der Waals surface area (Å²) in [6.07, 6.45) is 2.96. The highest BCUT2D eigenvalue weighted by molar-refractivity contribution is 5.81. The summed E-state index contributed by atoms with van der Waals surface area (Å²) in [5, 5.41) is 3.92. The first-order valence-electron chi connectivity index (χ1n) is 6.98. The molecule has 110 valence electrons. The molecular formula is C15H16N2O4. The zero-order chi connectivity index (χ0) is 14.7. The van der Waals surface area contributed by atoms with Crippen LogP contribution < -0.4 is 9.47 Å². The third-order valence-corrected chi connectivity index (χ3v) is 3.20. The molecule has 1 aliphatic rings. The Kier molecular flexibility index (Phi) is 3.85. The number of aromatic nitrogens is 2. The van der Waals surface area contributed by atoms with Gasteiger partial charge in [0.25, 0.3) is 5.89 Å². The lowest BCUT2D eigenvalue weighted by atomic mass is 10.2. The number of benzene rings is 1. The number of para-hydroxylation sites is 1. The predicted molar refractivity (Wildman–Crippen MR) is 73.6 cm³/mol. The van der Waals surface area contributed by atoms with E-state index in [4.69, 9.17) is 14.0 Å². The Morgan fingerprint density at radius 3 is 2.95 bits per heavy atom. The van der Waals surface area contributed by atoms with Crippen LogP contribution in [0.1, 0.15) is 47.8 Å². The average molecular weight is 288 g/mol. The number of rotatable bonds is 7. The van der Waals surface area contributed by atoms with Crippen molar-refractivity contribution in [1.82, 2.24) is 10.1 Å². The summed E-state index contributed by atoms with van der Waals surface area (Å²) < 4.78 is 16.3.